The fourth-order valence-electron chi connectivity index (χ4n) is 3.63. The first-order valence-corrected chi connectivity index (χ1v) is 11.7. The van der Waals surface area contributed by atoms with Crippen LogP contribution in [0.5, 0.6) is 0 Å². The second-order valence-corrected chi connectivity index (χ2v) is 9.03. The Hall–Kier alpha value is -3.06. The summed E-state index contributed by atoms with van der Waals surface area (Å²) in [6.07, 6.45) is 5.42. The summed E-state index contributed by atoms with van der Waals surface area (Å²) in [5.41, 5.74) is 2.30. The highest BCUT2D eigenvalue weighted by Gasteiger charge is 2.19. The number of benzene rings is 2. The van der Waals surface area contributed by atoms with Crippen LogP contribution in [0.3, 0.4) is 0 Å². The first kappa shape index (κ1) is 24.6. The van der Waals surface area contributed by atoms with Crippen molar-refractivity contribution in [1.82, 2.24) is 5.32 Å². The number of hydrogen-bond donors (Lipinski definition) is 4. The molecule has 8 heteroatoms. The Labute approximate surface area is 199 Å². The van der Waals surface area contributed by atoms with Gasteiger partial charge < -0.3 is 21.3 Å². The smallest absolute Gasteiger partial charge is 0.253 e. The van der Waals surface area contributed by atoms with E-state index in [0.717, 1.165) is 31.4 Å². The summed E-state index contributed by atoms with van der Waals surface area (Å²) in [6, 6.07) is 12.2. The maximum Gasteiger partial charge on any atom is 0.253 e. The Kier molecular flexibility index (Phi) is 8.72. The first-order valence-electron chi connectivity index (χ1n) is 11.4. The van der Waals surface area contributed by atoms with Crippen LogP contribution in [0.15, 0.2) is 42.5 Å². The molecule has 0 unspecified atom stereocenters. The number of hydrogen-bond acceptors (Lipinski definition) is 4. The van der Waals surface area contributed by atoms with E-state index >= 15 is 0 Å². The summed E-state index contributed by atoms with van der Waals surface area (Å²) >= 11 is 6.24. The average molecular weight is 471 g/mol. The monoisotopic (exact) mass is 470 g/mol. The molecule has 1 saturated carbocycles. The minimum Gasteiger partial charge on any atom is -0.376 e. The second kappa shape index (κ2) is 11.7. The van der Waals surface area contributed by atoms with E-state index in [0.29, 0.717) is 22.0 Å². The van der Waals surface area contributed by atoms with Gasteiger partial charge in [0.05, 0.1) is 17.1 Å². The fraction of sp³-hybridized carbons (Fsp3) is 0.400. The van der Waals surface area contributed by atoms with E-state index in [4.69, 9.17) is 11.6 Å². The molecule has 0 spiro atoms. The van der Waals surface area contributed by atoms with Crippen LogP contribution in [-0.2, 0) is 9.59 Å². The Morgan fingerprint density at radius 2 is 1.55 bits per heavy atom. The molecule has 0 atom stereocenters. The minimum atomic E-state index is -0.256. The molecule has 7 nitrogen and oxygen atoms in total. The molecule has 0 aliphatic heterocycles. The topological polar surface area (TPSA) is 99.3 Å². The van der Waals surface area contributed by atoms with E-state index in [1.54, 1.807) is 42.5 Å². The number of halogens is 1. The van der Waals surface area contributed by atoms with Crippen LogP contribution >= 0.6 is 11.6 Å². The van der Waals surface area contributed by atoms with Crippen molar-refractivity contribution in [2.45, 2.75) is 52.0 Å². The number of rotatable bonds is 8. The Morgan fingerprint density at radius 3 is 2.21 bits per heavy atom. The van der Waals surface area contributed by atoms with Gasteiger partial charge in [-0.25, -0.2) is 0 Å². The number of carbonyl (C=O) groups excluding carboxylic acids is 3. The molecule has 33 heavy (non-hydrogen) atoms. The van der Waals surface area contributed by atoms with Gasteiger partial charge in [0.1, 0.15) is 0 Å². The fourth-order valence-corrected chi connectivity index (χ4v) is 3.84. The summed E-state index contributed by atoms with van der Waals surface area (Å²) in [7, 11) is 0. The minimum absolute atomic E-state index is 0.0456. The quantitative estimate of drug-likeness (QED) is 0.434. The van der Waals surface area contributed by atoms with Gasteiger partial charge in [-0.15, -0.1) is 0 Å². The Morgan fingerprint density at radius 1 is 0.909 bits per heavy atom. The lowest BCUT2D eigenvalue weighted by molar-refractivity contribution is -0.119. The van der Waals surface area contributed by atoms with Crippen LogP contribution < -0.4 is 21.3 Å². The lowest BCUT2D eigenvalue weighted by atomic mass is 9.95. The Bertz CT molecular complexity index is 986. The lowest BCUT2D eigenvalue weighted by Crippen LogP contribution is -2.36. The maximum atomic E-state index is 12.7. The molecule has 4 N–H and O–H groups in total. The molecular formula is C25H31ClN4O3. The standard InChI is InChI=1S/C25H31ClN4O3/c1-16(2)24(32)29-19-10-8-17(9-11-19)27-15-23(31)28-20-12-13-22(26)21(14-20)25(33)30-18-6-4-3-5-7-18/h8-14,16,18,27H,3-7,15H2,1-2H3,(H,28,31)(H,29,32)(H,30,33). The molecule has 0 bridgehead atoms. The van der Waals surface area contributed by atoms with Crippen molar-refractivity contribution < 1.29 is 14.4 Å². The van der Waals surface area contributed by atoms with Gasteiger partial charge in [0, 0.05) is 29.0 Å². The predicted octanol–water partition coefficient (Wildman–Crippen LogP) is 5.05. The highest BCUT2D eigenvalue weighted by atomic mass is 35.5. The van der Waals surface area contributed by atoms with Crippen LogP contribution in [0, 0.1) is 5.92 Å². The van der Waals surface area contributed by atoms with Crippen molar-refractivity contribution in [3.05, 3.63) is 53.1 Å². The van der Waals surface area contributed by atoms with Crippen molar-refractivity contribution in [3.8, 4) is 0 Å². The number of amides is 3. The lowest BCUT2D eigenvalue weighted by Gasteiger charge is -2.23. The summed E-state index contributed by atoms with van der Waals surface area (Å²) < 4.78 is 0. The highest BCUT2D eigenvalue weighted by Crippen LogP contribution is 2.23. The molecule has 3 amide bonds. The molecule has 0 aromatic heterocycles. The maximum absolute atomic E-state index is 12.7. The highest BCUT2D eigenvalue weighted by molar-refractivity contribution is 6.34. The van der Waals surface area contributed by atoms with Gasteiger partial charge in [0.15, 0.2) is 0 Å². The summed E-state index contributed by atoms with van der Waals surface area (Å²) in [6.45, 7) is 3.71. The molecule has 1 aliphatic carbocycles. The molecule has 1 aliphatic rings. The van der Waals surface area contributed by atoms with Gasteiger partial charge in [-0.2, -0.15) is 0 Å². The van der Waals surface area contributed by atoms with Gasteiger partial charge in [0.25, 0.3) is 5.91 Å². The van der Waals surface area contributed by atoms with E-state index in [-0.39, 0.29) is 36.2 Å². The summed E-state index contributed by atoms with van der Waals surface area (Å²) in [4.78, 5) is 36.8. The molecule has 2 aromatic carbocycles. The van der Waals surface area contributed by atoms with Crippen molar-refractivity contribution in [2.75, 3.05) is 22.5 Å². The first-order chi connectivity index (χ1) is 15.8. The molecule has 3 rings (SSSR count). The van der Waals surface area contributed by atoms with Gasteiger partial charge in [-0.1, -0.05) is 44.7 Å². The molecule has 0 saturated heterocycles. The van der Waals surface area contributed by atoms with Crippen molar-refractivity contribution in [1.29, 1.82) is 0 Å². The second-order valence-electron chi connectivity index (χ2n) is 8.63. The number of anilines is 3. The zero-order valence-electron chi connectivity index (χ0n) is 19.0. The molecule has 0 radical (unpaired) electrons. The van der Waals surface area contributed by atoms with Gasteiger partial charge >= 0.3 is 0 Å². The largest absolute Gasteiger partial charge is 0.376 e. The third-order valence-electron chi connectivity index (χ3n) is 5.57. The SMILES string of the molecule is CC(C)C(=O)Nc1ccc(NCC(=O)Nc2ccc(Cl)c(C(=O)NC3CCCCC3)c2)cc1. The number of carbonyl (C=O) groups is 3. The van der Waals surface area contributed by atoms with Crippen LogP contribution in [0.1, 0.15) is 56.3 Å². The summed E-state index contributed by atoms with van der Waals surface area (Å²) in [5, 5.41) is 12.1. The van der Waals surface area contributed by atoms with E-state index < -0.39 is 0 Å². The zero-order chi connectivity index (χ0) is 23.8. The predicted molar refractivity (Wildman–Crippen MR) is 133 cm³/mol. The van der Waals surface area contributed by atoms with E-state index in [9.17, 15) is 14.4 Å². The average Bonchev–Trinajstić information content (AvgIpc) is 2.80. The van der Waals surface area contributed by atoms with Crippen LogP contribution in [0.4, 0.5) is 17.1 Å². The third kappa shape index (κ3) is 7.49. The van der Waals surface area contributed by atoms with Gasteiger partial charge in [0.2, 0.25) is 11.8 Å². The van der Waals surface area contributed by atoms with Crippen molar-refractivity contribution in [3.63, 3.8) is 0 Å². The van der Waals surface area contributed by atoms with Gasteiger partial charge in [-0.05, 0) is 55.3 Å². The Balaban J connectivity index is 1.52. The van der Waals surface area contributed by atoms with Gasteiger partial charge in [-0.3, -0.25) is 14.4 Å². The van der Waals surface area contributed by atoms with E-state index in [1.165, 1.54) is 6.42 Å². The molecular weight excluding hydrogens is 440 g/mol. The third-order valence-corrected chi connectivity index (χ3v) is 5.89. The molecule has 0 heterocycles. The molecule has 2 aromatic rings. The zero-order valence-corrected chi connectivity index (χ0v) is 19.8. The van der Waals surface area contributed by atoms with Crippen LogP contribution in [-0.4, -0.2) is 30.3 Å². The van der Waals surface area contributed by atoms with Crippen LogP contribution in [0.25, 0.3) is 0 Å². The van der Waals surface area contributed by atoms with Crippen LogP contribution in [0.2, 0.25) is 5.02 Å². The van der Waals surface area contributed by atoms with Crippen molar-refractivity contribution in [2.24, 2.45) is 5.92 Å². The van der Waals surface area contributed by atoms with E-state index in [1.807, 2.05) is 13.8 Å². The molecule has 176 valence electrons. The number of nitrogens with one attached hydrogen (secondary N) is 4. The van der Waals surface area contributed by atoms with E-state index in [2.05, 4.69) is 21.3 Å². The van der Waals surface area contributed by atoms with Crippen molar-refractivity contribution >= 4 is 46.4 Å². The summed E-state index contributed by atoms with van der Waals surface area (Å²) in [5.74, 6) is -0.623. The molecule has 1 fully saturated rings. The normalized spacial score (nSPS) is 13.9.